The van der Waals surface area contributed by atoms with Crippen molar-refractivity contribution in [3.8, 4) is 0 Å². The van der Waals surface area contributed by atoms with Crippen LogP contribution in [0.4, 0.5) is 0 Å². The Kier molecular flexibility index (Phi) is 1.75. The van der Waals surface area contributed by atoms with Crippen LogP contribution >= 0.6 is 0 Å². The van der Waals surface area contributed by atoms with Crippen LogP contribution in [0.1, 0.15) is 37.5 Å². The highest BCUT2D eigenvalue weighted by Crippen LogP contribution is 2.40. The first-order valence-corrected chi connectivity index (χ1v) is 5.46. The molecule has 1 heterocycles. The van der Waals surface area contributed by atoms with E-state index in [1.165, 1.54) is 16.5 Å². The fourth-order valence-corrected chi connectivity index (χ4v) is 2.41. The minimum Gasteiger partial charge on any atom is -0.456 e. The maximum Gasteiger partial charge on any atom is 0.135 e. The first kappa shape index (κ1) is 8.78. The lowest BCUT2D eigenvalue weighted by atomic mass is 9.88. The summed E-state index contributed by atoms with van der Waals surface area (Å²) < 4.78 is 5.90. The van der Waals surface area contributed by atoms with Crippen LogP contribution in [-0.2, 0) is 0 Å². The van der Waals surface area contributed by atoms with Gasteiger partial charge in [0, 0.05) is 10.9 Å². The number of benzene rings is 1. The van der Waals surface area contributed by atoms with Gasteiger partial charge < -0.3 is 4.42 Å². The second-order valence-corrected chi connectivity index (χ2v) is 4.36. The van der Waals surface area contributed by atoms with E-state index in [4.69, 9.17) is 4.42 Å². The molecule has 0 saturated carbocycles. The highest BCUT2D eigenvalue weighted by Gasteiger charge is 2.22. The molecular weight excluding hydrogens is 184 g/mol. The number of allylic oxidation sites excluding steroid dienone is 2. The quantitative estimate of drug-likeness (QED) is 0.613. The fourth-order valence-electron chi connectivity index (χ4n) is 2.41. The van der Waals surface area contributed by atoms with Gasteiger partial charge in [0.25, 0.3) is 0 Å². The standard InChI is InChI=1S/C14H14O/c1-9-7-8-10(2)14-13(9)11-5-3-4-6-12(11)15-14/h3-6,8-9H,7H2,1-2H3. The molecule has 0 spiro atoms. The van der Waals surface area contributed by atoms with Gasteiger partial charge in [0.15, 0.2) is 0 Å². The molecule has 1 aliphatic carbocycles. The molecule has 1 aromatic heterocycles. The molecule has 76 valence electrons. The molecule has 15 heavy (non-hydrogen) atoms. The Balaban J connectivity index is 2.40. The lowest BCUT2D eigenvalue weighted by Gasteiger charge is -2.15. The summed E-state index contributed by atoms with van der Waals surface area (Å²) in [7, 11) is 0. The average molecular weight is 198 g/mol. The van der Waals surface area contributed by atoms with Gasteiger partial charge in [0.05, 0.1) is 0 Å². The van der Waals surface area contributed by atoms with Gasteiger partial charge >= 0.3 is 0 Å². The molecule has 0 amide bonds. The monoisotopic (exact) mass is 198 g/mol. The Hall–Kier alpha value is -1.50. The summed E-state index contributed by atoms with van der Waals surface area (Å²) in [6, 6.07) is 8.32. The Labute approximate surface area is 89.4 Å². The predicted molar refractivity (Wildman–Crippen MR) is 62.9 cm³/mol. The number of hydrogen-bond acceptors (Lipinski definition) is 1. The van der Waals surface area contributed by atoms with Gasteiger partial charge in [-0.05, 0) is 30.9 Å². The summed E-state index contributed by atoms with van der Waals surface area (Å²) in [6.45, 7) is 4.40. The van der Waals surface area contributed by atoms with Gasteiger partial charge in [0.2, 0.25) is 0 Å². The van der Waals surface area contributed by atoms with Crippen LogP contribution in [0.2, 0.25) is 0 Å². The summed E-state index contributed by atoms with van der Waals surface area (Å²) in [4.78, 5) is 0. The first-order valence-electron chi connectivity index (χ1n) is 5.46. The van der Waals surface area contributed by atoms with Gasteiger partial charge in [0.1, 0.15) is 11.3 Å². The van der Waals surface area contributed by atoms with Crippen LogP contribution in [0.5, 0.6) is 0 Å². The lowest BCUT2D eigenvalue weighted by molar-refractivity contribution is 0.580. The van der Waals surface area contributed by atoms with Crippen molar-refractivity contribution in [2.24, 2.45) is 0 Å². The molecule has 3 rings (SSSR count). The minimum absolute atomic E-state index is 0.576. The molecule has 0 saturated heterocycles. The molecule has 0 fully saturated rings. The van der Waals surface area contributed by atoms with Crippen molar-refractivity contribution < 1.29 is 4.42 Å². The lowest BCUT2D eigenvalue weighted by Crippen LogP contribution is -1.99. The second-order valence-electron chi connectivity index (χ2n) is 4.36. The van der Waals surface area contributed by atoms with Crippen LogP contribution in [0.25, 0.3) is 16.5 Å². The number of hydrogen-bond donors (Lipinski definition) is 0. The highest BCUT2D eigenvalue weighted by atomic mass is 16.3. The molecule has 1 nitrogen and oxygen atoms in total. The van der Waals surface area contributed by atoms with Crippen molar-refractivity contribution in [2.75, 3.05) is 0 Å². The number of furan rings is 1. The Morgan fingerprint density at radius 1 is 1.27 bits per heavy atom. The summed E-state index contributed by atoms with van der Waals surface area (Å²) in [6.07, 6.45) is 3.40. The number of para-hydroxylation sites is 1. The molecule has 1 aliphatic rings. The van der Waals surface area contributed by atoms with E-state index in [1.54, 1.807) is 0 Å². The molecule has 1 heteroatoms. The maximum atomic E-state index is 5.90. The first-order chi connectivity index (χ1) is 7.27. The third-order valence-corrected chi connectivity index (χ3v) is 3.26. The van der Waals surface area contributed by atoms with Crippen molar-refractivity contribution in [1.29, 1.82) is 0 Å². The number of rotatable bonds is 0. The minimum atomic E-state index is 0.576. The van der Waals surface area contributed by atoms with Crippen molar-refractivity contribution in [3.05, 3.63) is 41.7 Å². The smallest absolute Gasteiger partial charge is 0.135 e. The van der Waals surface area contributed by atoms with E-state index in [-0.39, 0.29) is 0 Å². The van der Waals surface area contributed by atoms with E-state index < -0.39 is 0 Å². The third-order valence-electron chi connectivity index (χ3n) is 3.26. The highest BCUT2D eigenvalue weighted by molar-refractivity contribution is 5.87. The molecule has 0 aliphatic heterocycles. The zero-order valence-electron chi connectivity index (χ0n) is 9.08. The molecule has 0 radical (unpaired) electrons. The van der Waals surface area contributed by atoms with Crippen LogP contribution in [0, 0.1) is 0 Å². The van der Waals surface area contributed by atoms with Crippen LogP contribution in [0.15, 0.2) is 34.8 Å². The summed E-state index contributed by atoms with van der Waals surface area (Å²) in [5.41, 5.74) is 3.69. The largest absolute Gasteiger partial charge is 0.456 e. The maximum absolute atomic E-state index is 5.90. The van der Waals surface area contributed by atoms with Crippen molar-refractivity contribution in [1.82, 2.24) is 0 Å². The zero-order chi connectivity index (χ0) is 10.4. The Morgan fingerprint density at radius 3 is 2.93 bits per heavy atom. The van der Waals surface area contributed by atoms with Crippen molar-refractivity contribution >= 4 is 16.5 Å². The molecule has 0 bridgehead atoms. The van der Waals surface area contributed by atoms with Crippen molar-refractivity contribution in [2.45, 2.75) is 26.2 Å². The molecule has 1 unspecified atom stereocenters. The van der Waals surface area contributed by atoms with E-state index in [1.807, 2.05) is 12.1 Å². The van der Waals surface area contributed by atoms with Crippen molar-refractivity contribution in [3.63, 3.8) is 0 Å². The SMILES string of the molecule is CC1=CCC(C)c2c1oc1ccccc21. The van der Waals surface area contributed by atoms with E-state index >= 15 is 0 Å². The second kappa shape index (κ2) is 2.99. The normalized spacial score (nSPS) is 20.1. The van der Waals surface area contributed by atoms with Gasteiger partial charge in [-0.15, -0.1) is 0 Å². The molecule has 1 atom stereocenters. The van der Waals surface area contributed by atoms with E-state index in [9.17, 15) is 0 Å². The van der Waals surface area contributed by atoms with Gasteiger partial charge in [-0.1, -0.05) is 31.2 Å². The van der Waals surface area contributed by atoms with E-state index in [0.29, 0.717) is 5.92 Å². The molecule has 1 aromatic carbocycles. The Bertz CT molecular complexity index is 545. The summed E-state index contributed by atoms with van der Waals surface area (Å²) in [5, 5.41) is 1.28. The predicted octanol–water partition coefficient (Wildman–Crippen LogP) is 4.34. The van der Waals surface area contributed by atoms with E-state index in [0.717, 1.165) is 17.8 Å². The van der Waals surface area contributed by atoms with Gasteiger partial charge in [-0.25, -0.2) is 0 Å². The fraction of sp³-hybridized carbons (Fsp3) is 0.286. The van der Waals surface area contributed by atoms with Gasteiger partial charge in [-0.2, -0.15) is 0 Å². The summed E-state index contributed by atoms with van der Waals surface area (Å²) >= 11 is 0. The van der Waals surface area contributed by atoms with Crippen LogP contribution in [-0.4, -0.2) is 0 Å². The molecule has 0 N–H and O–H groups in total. The van der Waals surface area contributed by atoms with Crippen LogP contribution < -0.4 is 0 Å². The molecule has 2 aromatic rings. The van der Waals surface area contributed by atoms with Gasteiger partial charge in [-0.3, -0.25) is 0 Å². The third kappa shape index (κ3) is 1.16. The summed E-state index contributed by atoms with van der Waals surface area (Å²) in [5.74, 6) is 1.67. The number of fused-ring (bicyclic) bond motifs is 3. The van der Waals surface area contributed by atoms with Crippen LogP contribution in [0.3, 0.4) is 0 Å². The van der Waals surface area contributed by atoms with E-state index in [2.05, 4.69) is 32.1 Å². The molecular formula is C14H14O. The zero-order valence-corrected chi connectivity index (χ0v) is 9.08. The average Bonchev–Trinajstić information content (AvgIpc) is 2.64. The topological polar surface area (TPSA) is 13.1 Å². The Morgan fingerprint density at radius 2 is 2.07 bits per heavy atom.